The van der Waals surface area contributed by atoms with Gasteiger partial charge in [0.15, 0.2) is 15.0 Å². The third kappa shape index (κ3) is 3.17. The first-order valence-electron chi connectivity index (χ1n) is 7.00. The van der Waals surface area contributed by atoms with E-state index in [9.17, 15) is 9.59 Å². The maximum atomic E-state index is 13.1. The third-order valence-electron chi connectivity index (χ3n) is 4.09. The largest absolute Gasteiger partial charge is 0.324 e. The predicted molar refractivity (Wildman–Crippen MR) is 99.4 cm³/mol. The van der Waals surface area contributed by atoms with Crippen LogP contribution in [0.15, 0.2) is 24.3 Å². The molecule has 0 bridgehead atoms. The number of fused-ring (bicyclic) bond motifs is 1. The van der Waals surface area contributed by atoms with Crippen LogP contribution in [0.3, 0.4) is 0 Å². The molecule has 7 heteroatoms. The van der Waals surface area contributed by atoms with Gasteiger partial charge in [0, 0.05) is 23.1 Å². The molecule has 0 fully saturated rings. The minimum atomic E-state index is -1.61. The highest BCUT2D eigenvalue weighted by Crippen LogP contribution is 2.49. The molecule has 1 unspecified atom stereocenters. The number of ketones is 1. The number of carbonyl (C=O) groups is 2. The van der Waals surface area contributed by atoms with Crippen molar-refractivity contribution in [1.29, 1.82) is 0 Å². The molecule has 1 atom stereocenters. The standard InChI is InChI=1S/C16H17Cl3NO2P/c1-14(2,16(17,18)19)8-12(21)15(9-23-3)10-6-4-5-7-11(10)20-13(15)22/h4-7,9H,8H2,1-3H3,(H,20,22). The van der Waals surface area contributed by atoms with Gasteiger partial charge in [-0.15, -0.1) is 8.20 Å². The lowest BCUT2D eigenvalue weighted by Gasteiger charge is -2.34. The molecule has 124 valence electrons. The minimum absolute atomic E-state index is 0.0305. The van der Waals surface area contributed by atoms with Gasteiger partial charge in [0.1, 0.15) is 0 Å². The molecule has 3 nitrogen and oxygen atoms in total. The molecule has 1 aromatic rings. The fourth-order valence-electron chi connectivity index (χ4n) is 2.59. The Morgan fingerprint density at radius 1 is 1.30 bits per heavy atom. The Balaban J connectivity index is 2.52. The molecule has 1 aromatic carbocycles. The fourth-order valence-corrected chi connectivity index (χ4v) is 3.58. The van der Waals surface area contributed by atoms with E-state index in [1.54, 1.807) is 31.8 Å². The summed E-state index contributed by atoms with van der Waals surface area (Å²) in [5.41, 5.74) is -0.931. The molecule has 0 saturated carbocycles. The normalized spacial score (nSPS) is 21.4. The van der Waals surface area contributed by atoms with E-state index < -0.39 is 14.6 Å². The van der Waals surface area contributed by atoms with Crippen LogP contribution in [0, 0.1) is 5.41 Å². The van der Waals surface area contributed by atoms with Crippen LogP contribution in [-0.2, 0) is 15.0 Å². The quantitative estimate of drug-likeness (QED) is 0.462. The second-order valence-electron chi connectivity index (χ2n) is 6.18. The lowest BCUT2D eigenvalue weighted by Crippen LogP contribution is -2.46. The van der Waals surface area contributed by atoms with E-state index in [4.69, 9.17) is 34.8 Å². The van der Waals surface area contributed by atoms with Crippen molar-refractivity contribution in [3.63, 3.8) is 0 Å². The van der Waals surface area contributed by atoms with Crippen LogP contribution in [0.25, 0.3) is 0 Å². The first kappa shape index (κ1) is 18.7. The van der Waals surface area contributed by atoms with Crippen LogP contribution in [0.4, 0.5) is 5.69 Å². The topological polar surface area (TPSA) is 46.2 Å². The number of alkyl halides is 3. The van der Waals surface area contributed by atoms with Crippen molar-refractivity contribution in [2.24, 2.45) is 5.41 Å². The third-order valence-corrected chi connectivity index (χ3v) is 6.27. The predicted octanol–water partition coefficient (Wildman–Crippen LogP) is 4.61. The van der Waals surface area contributed by atoms with Crippen molar-refractivity contribution >= 4 is 66.2 Å². The average Bonchev–Trinajstić information content (AvgIpc) is 2.71. The van der Waals surface area contributed by atoms with Crippen molar-refractivity contribution in [3.8, 4) is 0 Å². The molecule has 2 rings (SSSR count). The Morgan fingerprint density at radius 2 is 1.91 bits per heavy atom. The van der Waals surface area contributed by atoms with Crippen molar-refractivity contribution in [1.82, 2.24) is 0 Å². The number of benzene rings is 1. The summed E-state index contributed by atoms with van der Waals surface area (Å²) in [6.45, 7) is 5.27. The van der Waals surface area contributed by atoms with Gasteiger partial charge < -0.3 is 5.32 Å². The molecule has 0 saturated heterocycles. The average molecular weight is 393 g/mol. The van der Waals surface area contributed by atoms with Crippen LogP contribution in [-0.4, -0.2) is 27.9 Å². The zero-order chi connectivity index (χ0) is 17.5. The molecule has 1 N–H and O–H groups in total. The molecule has 0 spiro atoms. The molecule has 0 radical (unpaired) electrons. The van der Waals surface area contributed by atoms with Gasteiger partial charge in [0.2, 0.25) is 5.91 Å². The smallest absolute Gasteiger partial charge is 0.246 e. The summed E-state index contributed by atoms with van der Waals surface area (Å²) in [6.07, 6.45) is -0.0305. The molecular weight excluding hydrogens is 376 g/mol. The monoisotopic (exact) mass is 391 g/mol. The Morgan fingerprint density at radius 3 is 2.48 bits per heavy atom. The summed E-state index contributed by atoms with van der Waals surface area (Å²) in [7, 11) is 0.821. The van der Waals surface area contributed by atoms with E-state index in [0.717, 1.165) is 8.20 Å². The Hall–Kier alpha value is -0.600. The van der Waals surface area contributed by atoms with Gasteiger partial charge in [-0.25, -0.2) is 0 Å². The number of hydrogen-bond donors (Lipinski definition) is 1. The molecule has 1 aliphatic rings. The highest BCUT2D eigenvalue weighted by molar-refractivity contribution is 7.38. The summed E-state index contributed by atoms with van der Waals surface area (Å²) in [4.78, 5) is 25.8. The van der Waals surface area contributed by atoms with E-state index in [0.29, 0.717) is 11.3 Å². The molecule has 1 aliphatic heterocycles. The molecular formula is C16H17Cl3NO2P. The zero-order valence-corrected chi connectivity index (χ0v) is 16.2. The number of nitrogens with one attached hydrogen (secondary N) is 1. The summed E-state index contributed by atoms with van der Waals surface area (Å²) in [5, 5.41) is 2.78. The number of halogens is 3. The summed E-state index contributed by atoms with van der Waals surface area (Å²) >= 11 is 18.0. The number of hydrogen-bond acceptors (Lipinski definition) is 2. The van der Waals surface area contributed by atoms with Crippen molar-refractivity contribution in [2.75, 3.05) is 12.0 Å². The van der Waals surface area contributed by atoms with E-state index in [1.165, 1.54) is 0 Å². The Labute approximate surface area is 152 Å². The lowest BCUT2D eigenvalue weighted by molar-refractivity contribution is -0.130. The van der Waals surface area contributed by atoms with Crippen molar-refractivity contribution < 1.29 is 9.59 Å². The van der Waals surface area contributed by atoms with Crippen LogP contribution in [0.1, 0.15) is 25.8 Å². The highest BCUT2D eigenvalue weighted by atomic mass is 35.6. The minimum Gasteiger partial charge on any atom is -0.324 e. The maximum Gasteiger partial charge on any atom is 0.246 e. The lowest BCUT2D eigenvalue weighted by atomic mass is 9.74. The molecule has 0 aliphatic carbocycles. The van der Waals surface area contributed by atoms with E-state index >= 15 is 0 Å². The molecule has 1 amide bonds. The highest BCUT2D eigenvalue weighted by Gasteiger charge is 2.53. The first-order chi connectivity index (χ1) is 10.6. The van der Waals surface area contributed by atoms with Crippen molar-refractivity contribution in [2.45, 2.75) is 29.5 Å². The number of rotatable bonds is 4. The van der Waals surface area contributed by atoms with E-state index in [1.807, 2.05) is 18.8 Å². The van der Waals surface area contributed by atoms with Gasteiger partial charge in [0.05, 0.1) is 0 Å². The van der Waals surface area contributed by atoms with Crippen molar-refractivity contribution in [3.05, 3.63) is 29.8 Å². The molecule has 1 heterocycles. The zero-order valence-electron chi connectivity index (χ0n) is 13.0. The van der Waals surface area contributed by atoms with Gasteiger partial charge in [-0.3, -0.25) is 9.59 Å². The first-order valence-corrected chi connectivity index (χ1v) is 9.55. The fraction of sp³-hybridized carbons (Fsp3) is 0.438. The second kappa shape index (κ2) is 6.37. The second-order valence-corrected chi connectivity index (χ2v) is 9.23. The number of carbonyl (C=O) groups excluding carboxylic acids is 2. The van der Waals surface area contributed by atoms with Gasteiger partial charge in [0.25, 0.3) is 0 Å². The van der Waals surface area contributed by atoms with Crippen LogP contribution in [0.5, 0.6) is 0 Å². The van der Waals surface area contributed by atoms with E-state index in [-0.39, 0.29) is 18.1 Å². The van der Waals surface area contributed by atoms with Crippen LogP contribution in [0.2, 0.25) is 0 Å². The van der Waals surface area contributed by atoms with E-state index in [2.05, 4.69) is 5.32 Å². The van der Waals surface area contributed by atoms with Gasteiger partial charge in [-0.2, -0.15) is 0 Å². The van der Waals surface area contributed by atoms with Crippen LogP contribution < -0.4 is 5.32 Å². The summed E-state index contributed by atoms with van der Waals surface area (Å²) in [6, 6.07) is 7.19. The molecule has 0 aromatic heterocycles. The number of anilines is 1. The van der Waals surface area contributed by atoms with Gasteiger partial charge in [-0.05, 0) is 18.5 Å². The Bertz CT molecular complexity index is 682. The summed E-state index contributed by atoms with van der Waals surface area (Å²) < 4.78 is -1.61. The SMILES string of the molecule is CP=CC1(C(=O)CC(C)(C)C(Cl)(Cl)Cl)C(=O)Nc2ccccc21. The summed E-state index contributed by atoms with van der Waals surface area (Å²) in [5.74, 6) is 1.09. The number of amides is 1. The number of para-hydroxylation sites is 1. The maximum absolute atomic E-state index is 13.1. The molecule has 23 heavy (non-hydrogen) atoms. The number of Topliss-reactive ketones (excluding diaryl/α,β-unsaturated/α-hetero) is 1. The van der Waals surface area contributed by atoms with Crippen LogP contribution >= 0.6 is 43.0 Å². The van der Waals surface area contributed by atoms with Gasteiger partial charge >= 0.3 is 0 Å². The van der Waals surface area contributed by atoms with Gasteiger partial charge in [-0.1, -0.05) is 66.8 Å². The Kier molecular flexibility index (Phi) is 5.19.